The highest BCUT2D eigenvalue weighted by molar-refractivity contribution is 5.81. The van der Waals surface area contributed by atoms with Crippen LogP contribution in [0.4, 0.5) is 0 Å². The summed E-state index contributed by atoms with van der Waals surface area (Å²) in [6, 6.07) is 0.505. The van der Waals surface area contributed by atoms with Crippen LogP contribution >= 0.6 is 0 Å². The first-order valence-corrected chi connectivity index (χ1v) is 6.66. The highest BCUT2D eigenvalue weighted by Gasteiger charge is 2.36. The van der Waals surface area contributed by atoms with Crippen molar-refractivity contribution in [2.45, 2.75) is 39.7 Å². The first-order chi connectivity index (χ1) is 8.42. The van der Waals surface area contributed by atoms with Crippen molar-refractivity contribution in [1.82, 2.24) is 10.3 Å². The van der Waals surface area contributed by atoms with Crippen molar-refractivity contribution < 1.29 is 9.53 Å². The smallest absolute Gasteiger partial charge is 0.240 e. The van der Waals surface area contributed by atoms with Crippen molar-refractivity contribution in [1.29, 1.82) is 0 Å². The summed E-state index contributed by atoms with van der Waals surface area (Å²) < 4.78 is 5.16. The van der Waals surface area contributed by atoms with E-state index in [4.69, 9.17) is 10.6 Å². The average molecular weight is 257 g/mol. The number of nitrogens with one attached hydrogen (secondary N) is 1. The van der Waals surface area contributed by atoms with Gasteiger partial charge in [-0.15, -0.1) is 0 Å². The molecule has 1 atom stereocenters. The lowest BCUT2D eigenvalue weighted by Gasteiger charge is -2.35. The molecular weight excluding hydrogens is 230 g/mol. The minimum absolute atomic E-state index is 0.118. The Morgan fingerprint density at radius 3 is 2.61 bits per heavy atom. The molecule has 0 aromatic rings. The second-order valence-electron chi connectivity index (χ2n) is 5.90. The maximum Gasteiger partial charge on any atom is 0.240 e. The van der Waals surface area contributed by atoms with E-state index in [2.05, 4.69) is 17.2 Å². The zero-order valence-electron chi connectivity index (χ0n) is 12.0. The van der Waals surface area contributed by atoms with Gasteiger partial charge in [0.2, 0.25) is 5.91 Å². The fraction of sp³-hybridized carbons (Fsp3) is 0.923. The number of carbonyl (C=O) groups is 1. The lowest BCUT2D eigenvalue weighted by molar-refractivity contribution is -0.130. The largest absolute Gasteiger partial charge is 0.383 e. The number of methoxy groups -OCH3 is 1. The van der Waals surface area contributed by atoms with Gasteiger partial charge in [0.1, 0.15) is 0 Å². The van der Waals surface area contributed by atoms with Gasteiger partial charge < -0.3 is 4.74 Å². The van der Waals surface area contributed by atoms with Crippen molar-refractivity contribution in [3.63, 3.8) is 0 Å². The molecule has 1 rings (SSSR count). The monoisotopic (exact) mass is 257 g/mol. The Bertz CT molecular complexity index is 277. The molecule has 0 spiro atoms. The van der Waals surface area contributed by atoms with Crippen LogP contribution in [0, 0.1) is 11.3 Å². The second-order valence-corrected chi connectivity index (χ2v) is 5.90. The molecule has 1 fully saturated rings. The number of amides is 1. The molecule has 0 bridgehead atoms. The van der Waals surface area contributed by atoms with E-state index in [0.717, 1.165) is 12.5 Å². The van der Waals surface area contributed by atoms with E-state index in [9.17, 15) is 4.79 Å². The summed E-state index contributed by atoms with van der Waals surface area (Å²) in [6.07, 6.45) is 2.60. The molecule has 1 amide bonds. The maximum absolute atomic E-state index is 11.8. The molecule has 0 aromatic heterocycles. The molecule has 0 aliphatic heterocycles. The van der Waals surface area contributed by atoms with Crippen LogP contribution in [0.2, 0.25) is 0 Å². The molecule has 106 valence electrons. The third-order valence-electron chi connectivity index (χ3n) is 3.81. The van der Waals surface area contributed by atoms with E-state index in [1.165, 1.54) is 12.8 Å². The average Bonchev–Trinajstić information content (AvgIpc) is 3.16. The Balaban J connectivity index is 2.61. The van der Waals surface area contributed by atoms with Crippen LogP contribution in [-0.2, 0) is 9.53 Å². The van der Waals surface area contributed by atoms with Gasteiger partial charge in [-0.1, -0.05) is 0 Å². The minimum atomic E-state index is -0.481. The molecule has 0 saturated heterocycles. The molecule has 0 aromatic carbocycles. The number of nitrogens with two attached hydrogens (primary N) is 1. The predicted octanol–water partition coefficient (Wildman–Crippen LogP) is 0.749. The first kappa shape index (κ1) is 15.4. The maximum atomic E-state index is 11.8. The normalized spacial score (nSPS) is 17.9. The van der Waals surface area contributed by atoms with Crippen LogP contribution in [0.15, 0.2) is 0 Å². The first-order valence-electron chi connectivity index (χ1n) is 6.66. The van der Waals surface area contributed by atoms with Gasteiger partial charge in [-0.25, -0.2) is 5.84 Å². The van der Waals surface area contributed by atoms with Gasteiger partial charge in [-0.3, -0.25) is 15.1 Å². The van der Waals surface area contributed by atoms with Gasteiger partial charge >= 0.3 is 0 Å². The second kappa shape index (κ2) is 6.50. The van der Waals surface area contributed by atoms with Gasteiger partial charge in [-0.05, 0) is 39.5 Å². The van der Waals surface area contributed by atoms with Gasteiger partial charge in [-0.2, -0.15) is 0 Å². The van der Waals surface area contributed by atoms with Gasteiger partial charge in [0.25, 0.3) is 0 Å². The summed E-state index contributed by atoms with van der Waals surface area (Å²) in [7, 11) is 1.71. The van der Waals surface area contributed by atoms with E-state index < -0.39 is 5.41 Å². The molecule has 5 heteroatoms. The Hall–Kier alpha value is -0.650. The van der Waals surface area contributed by atoms with Gasteiger partial charge in [0.05, 0.1) is 12.0 Å². The number of rotatable bonds is 8. The number of hydrazine groups is 1. The van der Waals surface area contributed by atoms with Crippen LogP contribution in [0.5, 0.6) is 0 Å². The third kappa shape index (κ3) is 4.23. The van der Waals surface area contributed by atoms with Crippen LogP contribution in [0.3, 0.4) is 0 Å². The number of hydrogen-bond acceptors (Lipinski definition) is 4. The fourth-order valence-corrected chi connectivity index (χ4v) is 2.29. The lowest BCUT2D eigenvalue weighted by atomic mass is 9.91. The number of hydrogen-bond donors (Lipinski definition) is 2. The molecule has 1 aliphatic carbocycles. The Morgan fingerprint density at radius 1 is 1.56 bits per heavy atom. The van der Waals surface area contributed by atoms with Crippen LogP contribution in [0.25, 0.3) is 0 Å². The van der Waals surface area contributed by atoms with Crippen molar-refractivity contribution in [3.05, 3.63) is 0 Å². The van der Waals surface area contributed by atoms with E-state index >= 15 is 0 Å². The number of ether oxygens (including phenoxy) is 1. The summed E-state index contributed by atoms with van der Waals surface area (Å²) in [5, 5.41) is 0. The lowest BCUT2D eigenvalue weighted by Crippen LogP contribution is -2.50. The van der Waals surface area contributed by atoms with Crippen molar-refractivity contribution in [2.75, 3.05) is 26.8 Å². The summed E-state index contributed by atoms with van der Waals surface area (Å²) in [5.74, 6) is 5.90. The summed E-state index contributed by atoms with van der Waals surface area (Å²) in [6.45, 7) is 8.34. The van der Waals surface area contributed by atoms with Crippen LogP contribution in [-0.4, -0.2) is 43.7 Å². The van der Waals surface area contributed by atoms with E-state index in [1.54, 1.807) is 7.11 Å². The minimum Gasteiger partial charge on any atom is -0.383 e. The van der Waals surface area contributed by atoms with E-state index in [-0.39, 0.29) is 5.91 Å². The number of carbonyl (C=O) groups excluding carboxylic acids is 1. The van der Waals surface area contributed by atoms with Crippen molar-refractivity contribution >= 4 is 5.91 Å². The molecule has 5 nitrogen and oxygen atoms in total. The zero-order valence-corrected chi connectivity index (χ0v) is 12.0. The number of nitrogens with zero attached hydrogens (tertiary/aromatic N) is 1. The quantitative estimate of drug-likeness (QED) is 0.382. The zero-order chi connectivity index (χ0) is 13.8. The molecule has 0 radical (unpaired) electrons. The van der Waals surface area contributed by atoms with Crippen molar-refractivity contribution in [2.24, 2.45) is 17.2 Å². The molecule has 1 unspecified atom stereocenters. The topological polar surface area (TPSA) is 67.6 Å². The van der Waals surface area contributed by atoms with Crippen LogP contribution < -0.4 is 11.3 Å². The third-order valence-corrected chi connectivity index (χ3v) is 3.81. The molecule has 1 saturated carbocycles. The summed E-state index contributed by atoms with van der Waals surface area (Å²) in [4.78, 5) is 14.1. The molecule has 1 aliphatic rings. The molecule has 0 heterocycles. The van der Waals surface area contributed by atoms with Crippen LogP contribution in [0.1, 0.15) is 33.6 Å². The SMILES string of the molecule is COCCN(CC(C)(C)C(=O)NN)C(C)C1CC1. The highest BCUT2D eigenvalue weighted by atomic mass is 16.5. The fourth-order valence-electron chi connectivity index (χ4n) is 2.29. The Kier molecular flexibility index (Phi) is 5.56. The van der Waals surface area contributed by atoms with E-state index in [1.807, 2.05) is 13.8 Å². The Labute approximate surface area is 110 Å². The van der Waals surface area contributed by atoms with Crippen molar-refractivity contribution in [3.8, 4) is 0 Å². The standard InChI is InChI=1S/C13H27N3O2/c1-10(11-5-6-11)16(7-8-18-4)9-13(2,3)12(17)15-14/h10-11H,5-9,14H2,1-4H3,(H,15,17). The Morgan fingerprint density at radius 2 is 2.17 bits per heavy atom. The van der Waals surface area contributed by atoms with Gasteiger partial charge in [0.15, 0.2) is 0 Å². The molecule has 18 heavy (non-hydrogen) atoms. The van der Waals surface area contributed by atoms with Gasteiger partial charge in [0, 0.05) is 26.2 Å². The van der Waals surface area contributed by atoms with E-state index in [0.29, 0.717) is 19.2 Å². The summed E-state index contributed by atoms with van der Waals surface area (Å²) in [5.41, 5.74) is 1.77. The highest BCUT2D eigenvalue weighted by Crippen LogP contribution is 2.36. The summed E-state index contributed by atoms with van der Waals surface area (Å²) >= 11 is 0. The molecular formula is C13H27N3O2. The molecule has 3 N–H and O–H groups in total. The predicted molar refractivity (Wildman–Crippen MR) is 71.7 cm³/mol.